The third-order valence-corrected chi connectivity index (χ3v) is 4.67. The van der Waals surface area contributed by atoms with Gasteiger partial charge in [-0.15, -0.1) is 0 Å². The number of amides is 2. The lowest BCUT2D eigenvalue weighted by Crippen LogP contribution is -2.50. The molecule has 1 saturated heterocycles. The minimum Gasteiger partial charge on any atom is -0.491 e. The Hall–Kier alpha value is -2.57. The monoisotopic (exact) mass is 370 g/mol. The van der Waals surface area contributed by atoms with Crippen molar-refractivity contribution in [2.75, 3.05) is 25.0 Å². The maximum absolute atomic E-state index is 12.5. The highest BCUT2D eigenvalue weighted by Gasteiger charge is 2.28. The Balaban J connectivity index is 1.52. The summed E-state index contributed by atoms with van der Waals surface area (Å²) in [7, 11) is 0. The molecule has 2 aromatic carbocycles. The SMILES string of the molecule is O=C(Nc1ccccc1OCCCc1ccccc1)N1CC[C@H](O)[C@@H](O)C1. The summed E-state index contributed by atoms with van der Waals surface area (Å²) in [5, 5.41) is 22.2. The van der Waals surface area contributed by atoms with Gasteiger partial charge in [0.25, 0.3) is 0 Å². The van der Waals surface area contributed by atoms with Crippen LogP contribution in [0.5, 0.6) is 5.75 Å². The molecule has 1 aliphatic heterocycles. The van der Waals surface area contributed by atoms with Crippen LogP contribution in [0, 0.1) is 0 Å². The first-order valence-corrected chi connectivity index (χ1v) is 9.31. The van der Waals surface area contributed by atoms with Gasteiger partial charge >= 0.3 is 6.03 Å². The molecule has 1 heterocycles. The number of para-hydroxylation sites is 2. The molecule has 3 N–H and O–H groups in total. The number of benzene rings is 2. The fourth-order valence-corrected chi connectivity index (χ4v) is 3.10. The van der Waals surface area contributed by atoms with E-state index in [4.69, 9.17) is 4.74 Å². The summed E-state index contributed by atoms with van der Waals surface area (Å²) < 4.78 is 5.86. The zero-order valence-electron chi connectivity index (χ0n) is 15.3. The van der Waals surface area contributed by atoms with E-state index in [0.29, 0.717) is 31.0 Å². The van der Waals surface area contributed by atoms with Crippen molar-refractivity contribution in [3.8, 4) is 5.75 Å². The van der Waals surface area contributed by atoms with Gasteiger partial charge in [-0.25, -0.2) is 4.79 Å². The van der Waals surface area contributed by atoms with E-state index in [0.717, 1.165) is 12.8 Å². The normalized spacial score (nSPS) is 19.6. The van der Waals surface area contributed by atoms with Gasteiger partial charge in [0.15, 0.2) is 0 Å². The van der Waals surface area contributed by atoms with E-state index < -0.39 is 12.2 Å². The van der Waals surface area contributed by atoms with E-state index >= 15 is 0 Å². The number of aryl methyl sites for hydroxylation is 1. The maximum atomic E-state index is 12.5. The van der Waals surface area contributed by atoms with Gasteiger partial charge in [0.05, 0.1) is 31.0 Å². The third kappa shape index (κ3) is 5.45. The number of carbonyl (C=O) groups is 1. The van der Waals surface area contributed by atoms with Crippen LogP contribution in [0.25, 0.3) is 0 Å². The molecule has 6 nitrogen and oxygen atoms in total. The van der Waals surface area contributed by atoms with Gasteiger partial charge in [-0.2, -0.15) is 0 Å². The molecule has 2 atom stereocenters. The molecule has 1 fully saturated rings. The van der Waals surface area contributed by atoms with Crippen LogP contribution in [0.4, 0.5) is 10.5 Å². The number of nitrogens with zero attached hydrogens (tertiary/aromatic N) is 1. The van der Waals surface area contributed by atoms with Crippen LogP contribution in [-0.4, -0.2) is 53.0 Å². The lowest BCUT2D eigenvalue weighted by Gasteiger charge is -2.33. The molecule has 2 amide bonds. The minimum absolute atomic E-state index is 0.118. The molecular formula is C21H26N2O4. The van der Waals surface area contributed by atoms with Crippen molar-refractivity contribution in [2.24, 2.45) is 0 Å². The maximum Gasteiger partial charge on any atom is 0.322 e. The predicted molar refractivity (Wildman–Crippen MR) is 104 cm³/mol. The van der Waals surface area contributed by atoms with Gasteiger partial charge in [0, 0.05) is 6.54 Å². The molecule has 0 radical (unpaired) electrons. The molecule has 6 heteroatoms. The number of hydrogen-bond donors (Lipinski definition) is 3. The fraction of sp³-hybridized carbons (Fsp3) is 0.381. The molecule has 0 spiro atoms. The van der Waals surface area contributed by atoms with Crippen LogP contribution in [0.1, 0.15) is 18.4 Å². The summed E-state index contributed by atoms with van der Waals surface area (Å²) in [4.78, 5) is 14.0. The average Bonchev–Trinajstić information content (AvgIpc) is 2.69. The van der Waals surface area contributed by atoms with Gasteiger partial charge in [-0.3, -0.25) is 0 Å². The summed E-state index contributed by atoms with van der Waals surface area (Å²) in [6.45, 7) is 1.08. The number of aliphatic hydroxyl groups excluding tert-OH is 2. The molecule has 144 valence electrons. The number of β-amino-alcohol motifs (C(OH)–C–C–N with tert-alkyl or cyclic N) is 1. The smallest absolute Gasteiger partial charge is 0.322 e. The van der Waals surface area contributed by atoms with Crippen LogP contribution >= 0.6 is 0 Å². The van der Waals surface area contributed by atoms with Crippen LogP contribution < -0.4 is 10.1 Å². The van der Waals surface area contributed by atoms with Crippen LogP contribution in [0.3, 0.4) is 0 Å². The summed E-state index contributed by atoms with van der Waals surface area (Å²) >= 11 is 0. The molecule has 0 aromatic heterocycles. The standard InChI is InChI=1S/C21H26N2O4/c24-18-12-13-23(15-19(18)25)21(26)22-17-10-4-5-11-20(17)27-14-6-9-16-7-2-1-3-8-16/h1-5,7-8,10-11,18-19,24-25H,6,9,12-15H2,(H,22,26)/t18-,19-/m0/s1. The third-order valence-electron chi connectivity index (χ3n) is 4.67. The van der Waals surface area contributed by atoms with Crippen molar-refractivity contribution in [2.45, 2.75) is 31.5 Å². The summed E-state index contributed by atoms with van der Waals surface area (Å²) in [6, 6.07) is 17.3. The van der Waals surface area contributed by atoms with Crippen molar-refractivity contribution in [3.63, 3.8) is 0 Å². The van der Waals surface area contributed by atoms with Crippen molar-refractivity contribution in [1.29, 1.82) is 0 Å². The summed E-state index contributed by atoms with van der Waals surface area (Å²) in [5.41, 5.74) is 1.87. The van der Waals surface area contributed by atoms with E-state index in [1.165, 1.54) is 10.5 Å². The topological polar surface area (TPSA) is 82.0 Å². The molecule has 0 unspecified atom stereocenters. The van der Waals surface area contributed by atoms with E-state index in [1.54, 1.807) is 6.07 Å². The first kappa shape index (κ1) is 19.2. The zero-order chi connectivity index (χ0) is 19.1. The van der Waals surface area contributed by atoms with E-state index in [9.17, 15) is 15.0 Å². The molecule has 0 bridgehead atoms. The number of ether oxygens (including phenoxy) is 1. The first-order chi connectivity index (χ1) is 13.1. The van der Waals surface area contributed by atoms with Gasteiger partial charge in [0.1, 0.15) is 5.75 Å². The van der Waals surface area contributed by atoms with Crippen molar-refractivity contribution in [1.82, 2.24) is 4.90 Å². The average molecular weight is 370 g/mol. The van der Waals surface area contributed by atoms with Crippen molar-refractivity contribution in [3.05, 3.63) is 60.2 Å². The zero-order valence-corrected chi connectivity index (χ0v) is 15.3. The Morgan fingerprint density at radius 2 is 1.81 bits per heavy atom. The number of rotatable bonds is 6. The predicted octanol–water partition coefficient (Wildman–Crippen LogP) is 2.66. The van der Waals surface area contributed by atoms with Gasteiger partial charge in [-0.05, 0) is 37.0 Å². The Kier molecular flexibility index (Phi) is 6.68. The second-order valence-electron chi connectivity index (χ2n) is 6.73. The number of likely N-dealkylation sites (tertiary alicyclic amines) is 1. The summed E-state index contributed by atoms with van der Waals surface area (Å²) in [6.07, 6.45) is 0.501. The molecule has 1 aliphatic rings. The molecule has 0 aliphatic carbocycles. The first-order valence-electron chi connectivity index (χ1n) is 9.31. The van der Waals surface area contributed by atoms with Gasteiger partial charge in [0.2, 0.25) is 0 Å². The number of anilines is 1. The van der Waals surface area contributed by atoms with Gasteiger partial charge < -0.3 is 25.2 Å². The number of carbonyl (C=O) groups excluding carboxylic acids is 1. The van der Waals surface area contributed by atoms with Gasteiger partial charge in [-0.1, -0.05) is 42.5 Å². The fourth-order valence-electron chi connectivity index (χ4n) is 3.10. The summed E-state index contributed by atoms with van der Waals surface area (Å²) in [5.74, 6) is 0.622. The number of piperidine rings is 1. The van der Waals surface area contributed by atoms with E-state index in [2.05, 4.69) is 17.4 Å². The highest BCUT2D eigenvalue weighted by atomic mass is 16.5. The number of nitrogens with one attached hydrogen (secondary N) is 1. The molecule has 2 aromatic rings. The Morgan fingerprint density at radius 1 is 1.07 bits per heavy atom. The number of urea groups is 1. The lowest BCUT2D eigenvalue weighted by atomic mass is 10.1. The van der Waals surface area contributed by atoms with E-state index in [1.807, 2.05) is 36.4 Å². The highest BCUT2D eigenvalue weighted by molar-refractivity contribution is 5.91. The largest absolute Gasteiger partial charge is 0.491 e. The van der Waals surface area contributed by atoms with Crippen LogP contribution in [-0.2, 0) is 6.42 Å². The van der Waals surface area contributed by atoms with E-state index in [-0.39, 0.29) is 12.6 Å². The van der Waals surface area contributed by atoms with Crippen molar-refractivity contribution < 1.29 is 19.7 Å². The Morgan fingerprint density at radius 3 is 2.59 bits per heavy atom. The second kappa shape index (κ2) is 9.39. The minimum atomic E-state index is -0.908. The van der Waals surface area contributed by atoms with Crippen LogP contribution in [0.2, 0.25) is 0 Å². The molecular weight excluding hydrogens is 344 g/mol. The quantitative estimate of drug-likeness (QED) is 0.683. The number of hydrogen-bond acceptors (Lipinski definition) is 4. The lowest BCUT2D eigenvalue weighted by molar-refractivity contribution is -0.0263. The Labute approximate surface area is 159 Å². The highest BCUT2D eigenvalue weighted by Crippen LogP contribution is 2.25. The van der Waals surface area contributed by atoms with Crippen LogP contribution in [0.15, 0.2) is 54.6 Å². The molecule has 3 rings (SSSR count). The second-order valence-corrected chi connectivity index (χ2v) is 6.73. The molecule has 27 heavy (non-hydrogen) atoms. The number of aliphatic hydroxyl groups is 2. The Bertz CT molecular complexity index is 738. The van der Waals surface area contributed by atoms with Crippen molar-refractivity contribution >= 4 is 11.7 Å². The molecule has 0 saturated carbocycles.